The van der Waals surface area contributed by atoms with Gasteiger partial charge in [-0.2, -0.15) is 0 Å². The van der Waals surface area contributed by atoms with Gasteiger partial charge in [0, 0.05) is 70.1 Å². The van der Waals surface area contributed by atoms with Crippen molar-refractivity contribution in [3.05, 3.63) is 170 Å². The fraction of sp³-hybridized carbons (Fsp3) is 0. The maximum Gasteiger partial charge on any atom is 0.163 e. The number of nitrogens with zero attached hydrogens (tertiary/aromatic N) is 4. The van der Waals surface area contributed by atoms with Crippen LogP contribution in [0, 0.1) is 0 Å². The van der Waals surface area contributed by atoms with E-state index in [-0.39, 0.29) is 0 Å². The van der Waals surface area contributed by atoms with Crippen molar-refractivity contribution in [2.45, 2.75) is 0 Å². The Hall–Kier alpha value is -6.69. The highest BCUT2D eigenvalue weighted by molar-refractivity contribution is 7.27. The lowest BCUT2D eigenvalue weighted by molar-refractivity contribution is 1.16. The second kappa shape index (κ2) is 11.4. The third kappa shape index (κ3) is 4.36. The van der Waals surface area contributed by atoms with Crippen LogP contribution in [0.5, 0.6) is 0 Å². The Bertz CT molecular complexity index is 3190. The van der Waals surface area contributed by atoms with Gasteiger partial charge in [-0.3, -0.25) is 0 Å². The van der Waals surface area contributed by atoms with E-state index < -0.39 is 0 Å². The molecule has 0 aliphatic heterocycles. The van der Waals surface area contributed by atoms with Crippen molar-refractivity contribution < 1.29 is 0 Å². The number of thiophene rings is 1. The fourth-order valence-electron chi connectivity index (χ4n) is 7.96. The van der Waals surface area contributed by atoms with E-state index in [0.717, 1.165) is 33.5 Å². The van der Waals surface area contributed by atoms with Crippen LogP contribution in [-0.4, -0.2) is 19.5 Å². The predicted octanol–water partition coefficient (Wildman–Crippen LogP) is 12.6. The summed E-state index contributed by atoms with van der Waals surface area (Å²) in [6, 6.07) is 58.2. The zero-order chi connectivity index (χ0) is 34.2. The fourth-order valence-corrected chi connectivity index (χ4v) is 9.21. The third-order valence-corrected chi connectivity index (χ3v) is 11.4. The molecule has 11 aromatic rings. The number of rotatable bonds is 4. The molecule has 0 aliphatic rings. The average molecular weight is 681 g/mol. The van der Waals surface area contributed by atoms with Gasteiger partial charge in [-0.25, -0.2) is 15.0 Å². The summed E-state index contributed by atoms with van der Waals surface area (Å²) < 4.78 is 5.08. The van der Waals surface area contributed by atoms with Crippen LogP contribution >= 0.6 is 11.3 Å². The molecule has 5 heteroatoms. The highest BCUT2D eigenvalue weighted by Crippen LogP contribution is 2.48. The first-order valence-corrected chi connectivity index (χ1v) is 18.3. The highest BCUT2D eigenvalue weighted by Gasteiger charge is 2.22. The summed E-state index contributed by atoms with van der Waals surface area (Å²) in [5, 5.41) is 8.60. The maximum absolute atomic E-state index is 5.28. The van der Waals surface area contributed by atoms with Gasteiger partial charge < -0.3 is 4.57 Å². The summed E-state index contributed by atoms with van der Waals surface area (Å²) in [5.74, 6) is 0.644. The molecule has 0 N–H and O–H groups in total. The zero-order valence-corrected chi connectivity index (χ0v) is 28.7. The number of hydrogen-bond donors (Lipinski definition) is 0. The highest BCUT2D eigenvalue weighted by atomic mass is 32.1. The molecule has 0 radical (unpaired) electrons. The number of fused-ring (bicyclic) bond motifs is 11. The number of aromatic nitrogens is 4. The molecule has 4 aromatic heterocycles. The first-order valence-electron chi connectivity index (χ1n) is 17.4. The molecular formula is C47H28N4S. The van der Waals surface area contributed by atoms with Crippen molar-refractivity contribution in [1.82, 2.24) is 19.5 Å². The van der Waals surface area contributed by atoms with Gasteiger partial charge in [-0.1, -0.05) is 121 Å². The molecule has 0 fully saturated rings. The van der Waals surface area contributed by atoms with Crippen molar-refractivity contribution >= 4 is 75.1 Å². The van der Waals surface area contributed by atoms with Crippen LogP contribution in [0.25, 0.3) is 103 Å². The molecule has 0 amide bonds. The van der Waals surface area contributed by atoms with E-state index >= 15 is 0 Å². The van der Waals surface area contributed by atoms with E-state index in [1.165, 1.54) is 58.3 Å². The SMILES string of the molecule is c1ccc(-c2cccc(-c3nc(-c4cccc(-n5c6ccccc6c6c7c8ccccc8sc7c7ccccc7c65)c4)nc4ncccc34)c2)cc1. The van der Waals surface area contributed by atoms with E-state index in [1.807, 2.05) is 23.5 Å². The molecule has 0 atom stereocenters. The van der Waals surface area contributed by atoms with E-state index in [4.69, 9.17) is 15.0 Å². The predicted molar refractivity (Wildman–Crippen MR) is 218 cm³/mol. The van der Waals surface area contributed by atoms with Gasteiger partial charge in [0.25, 0.3) is 0 Å². The Labute approximate surface area is 302 Å². The van der Waals surface area contributed by atoms with Crippen LogP contribution in [0.15, 0.2) is 170 Å². The van der Waals surface area contributed by atoms with E-state index in [2.05, 4.69) is 156 Å². The first kappa shape index (κ1) is 29.1. The number of benzene rings is 7. The van der Waals surface area contributed by atoms with Gasteiger partial charge in [0.2, 0.25) is 0 Å². The summed E-state index contributed by atoms with van der Waals surface area (Å²) in [7, 11) is 0. The van der Waals surface area contributed by atoms with Crippen LogP contribution in [0.1, 0.15) is 0 Å². The average Bonchev–Trinajstić information content (AvgIpc) is 3.78. The Balaban J connectivity index is 1.17. The summed E-state index contributed by atoms with van der Waals surface area (Å²) in [4.78, 5) is 15.0. The van der Waals surface area contributed by atoms with Crippen molar-refractivity contribution in [3.8, 4) is 39.5 Å². The zero-order valence-electron chi connectivity index (χ0n) is 27.9. The molecule has 0 saturated carbocycles. The quantitative estimate of drug-likeness (QED) is 0.186. The summed E-state index contributed by atoms with van der Waals surface area (Å²) in [6.45, 7) is 0. The standard InChI is InChI=1S/C47H28N4S/c1-2-13-29(14-3-1)30-15-10-16-31(27-30)43-38-23-12-26-48-47(38)50-46(49-43)32-17-11-18-33(28-32)51-39-24-8-6-21-36(39)41-42-37-22-7-9-25-40(37)52-45(42)35-20-5-4-19-34(35)44(41)51/h1-28H. The second-order valence-electron chi connectivity index (χ2n) is 13.2. The molecule has 0 aliphatic carbocycles. The maximum atomic E-state index is 5.28. The van der Waals surface area contributed by atoms with Gasteiger partial charge in [0.1, 0.15) is 0 Å². The topological polar surface area (TPSA) is 43.6 Å². The number of hydrogen-bond acceptors (Lipinski definition) is 4. The van der Waals surface area contributed by atoms with Crippen LogP contribution in [-0.2, 0) is 0 Å². The monoisotopic (exact) mass is 680 g/mol. The minimum Gasteiger partial charge on any atom is -0.309 e. The number of pyridine rings is 1. The molecule has 52 heavy (non-hydrogen) atoms. The lowest BCUT2D eigenvalue weighted by Gasteiger charge is -2.13. The van der Waals surface area contributed by atoms with E-state index in [9.17, 15) is 0 Å². The minimum atomic E-state index is 0.644. The van der Waals surface area contributed by atoms with E-state index in [1.54, 1.807) is 6.20 Å². The molecule has 7 aromatic carbocycles. The minimum absolute atomic E-state index is 0.644. The summed E-state index contributed by atoms with van der Waals surface area (Å²) >= 11 is 1.89. The third-order valence-electron chi connectivity index (χ3n) is 10.2. The largest absolute Gasteiger partial charge is 0.309 e. The van der Waals surface area contributed by atoms with Gasteiger partial charge in [-0.05, 0) is 53.6 Å². The van der Waals surface area contributed by atoms with Crippen molar-refractivity contribution in [2.24, 2.45) is 0 Å². The molecule has 0 spiro atoms. The molecule has 4 heterocycles. The normalized spacial score (nSPS) is 11.8. The first-order chi connectivity index (χ1) is 25.8. The molecule has 0 saturated heterocycles. The van der Waals surface area contributed by atoms with Crippen molar-refractivity contribution in [2.75, 3.05) is 0 Å². The van der Waals surface area contributed by atoms with Crippen LogP contribution in [0.4, 0.5) is 0 Å². The van der Waals surface area contributed by atoms with Gasteiger partial charge >= 0.3 is 0 Å². The van der Waals surface area contributed by atoms with Crippen molar-refractivity contribution in [3.63, 3.8) is 0 Å². The molecule has 4 nitrogen and oxygen atoms in total. The summed E-state index contributed by atoms with van der Waals surface area (Å²) in [5.41, 5.74) is 9.25. The lowest BCUT2D eigenvalue weighted by Crippen LogP contribution is -1.99. The van der Waals surface area contributed by atoms with E-state index in [0.29, 0.717) is 11.5 Å². The molecule has 11 rings (SSSR count). The summed E-state index contributed by atoms with van der Waals surface area (Å²) in [6.07, 6.45) is 1.80. The van der Waals surface area contributed by atoms with Gasteiger partial charge in [0.05, 0.1) is 16.7 Å². The molecular weight excluding hydrogens is 653 g/mol. The Morgan fingerprint density at radius 1 is 0.462 bits per heavy atom. The van der Waals surface area contributed by atoms with Crippen molar-refractivity contribution in [1.29, 1.82) is 0 Å². The molecule has 0 bridgehead atoms. The Kier molecular flexibility index (Phi) is 6.39. The van der Waals surface area contributed by atoms with Crippen LogP contribution in [0.2, 0.25) is 0 Å². The smallest absolute Gasteiger partial charge is 0.163 e. The van der Waals surface area contributed by atoms with Gasteiger partial charge in [-0.15, -0.1) is 11.3 Å². The number of para-hydroxylation sites is 1. The van der Waals surface area contributed by atoms with Crippen LogP contribution in [0.3, 0.4) is 0 Å². The Morgan fingerprint density at radius 2 is 1.15 bits per heavy atom. The molecule has 0 unspecified atom stereocenters. The van der Waals surface area contributed by atoms with Crippen LogP contribution < -0.4 is 0 Å². The lowest BCUT2D eigenvalue weighted by atomic mass is 10.00. The van der Waals surface area contributed by atoms with Gasteiger partial charge in [0.15, 0.2) is 11.5 Å². The molecule has 242 valence electrons. The Morgan fingerprint density at radius 3 is 2.06 bits per heavy atom. The second-order valence-corrected chi connectivity index (χ2v) is 14.2.